The van der Waals surface area contributed by atoms with E-state index >= 15 is 0 Å². The summed E-state index contributed by atoms with van der Waals surface area (Å²) in [4.78, 5) is 23.9. The van der Waals surface area contributed by atoms with Gasteiger partial charge in [0.25, 0.3) is 0 Å². The van der Waals surface area contributed by atoms with Crippen molar-refractivity contribution >= 4 is 11.9 Å². The lowest BCUT2D eigenvalue weighted by Gasteiger charge is -2.61. The maximum absolute atomic E-state index is 12.2. The van der Waals surface area contributed by atoms with Crippen LogP contribution in [0.5, 0.6) is 0 Å². The SMILES string of the molecule is C=C(C)C1CCC2C3(C)CCC(C(C)CCC=C(C)C(=O)OC)C3(C)CCC23CC13CCC(=O)OC. The molecule has 0 heterocycles. The van der Waals surface area contributed by atoms with E-state index < -0.39 is 0 Å². The Hall–Kier alpha value is -1.58. The standard InChI is InChI=1S/C32H50O4/c1-21(2)24-12-13-26-30(6)16-14-25(22(3)10-9-11-23(4)28(34)36-8)29(30,5)18-19-32(26)20-31(24,32)17-15-27(33)35-7/h11,22,24-26H,1,9-10,12-20H2,2-8H3. The van der Waals surface area contributed by atoms with Crippen molar-refractivity contribution in [3.63, 3.8) is 0 Å². The molecule has 4 rings (SSSR count). The van der Waals surface area contributed by atoms with Crippen LogP contribution in [0.4, 0.5) is 0 Å². The van der Waals surface area contributed by atoms with Gasteiger partial charge in [-0.3, -0.25) is 4.79 Å². The van der Waals surface area contributed by atoms with E-state index in [4.69, 9.17) is 9.47 Å². The van der Waals surface area contributed by atoms with Gasteiger partial charge in [0.2, 0.25) is 0 Å². The summed E-state index contributed by atoms with van der Waals surface area (Å²) in [6.45, 7) is 16.2. The number of hydrogen-bond donors (Lipinski definition) is 0. The number of carbonyl (C=O) groups is 2. The number of methoxy groups -OCH3 is 2. The molecule has 4 nitrogen and oxygen atoms in total. The van der Waals surface area contributed by atoms with Gasteiger partial charge in [-0.25, -0.2) is 4.79 Å². The largest absolute Gasteiger partial charge is 0.469 e. The Labute approximate surface area is 219 Å². The molecule has 0 aromatic rings. The molecule has 0 amide bonds. The third kappa shape index (κ3) is 3.91. The van der Waals surface area contributed by atoms with Crippen LogP contribution in [-0.4, -0.2) is 26.2 Å². The molecule has 4 saturated carbocycles. The highest BCUT2D eigenvalue weighted by atomic mass is 16.5. The number of allylic oxidation sites excluding steroid dienone is 2. The molecule has 0 aliphatic heterocycles. The smallest absolute Gasteiger partial charge is 0.333 e. The fourth-order valence-corrected chi connectivity index (χ4v) is 10.4. The van der Waals surface area contributed by atoms with Gasteiger partial charge in [0.05, 0.1) is 14.2 Å². The Kier molecular flexibility index (Phi) is 7.34. The van der Waals surface area contributed by atoms with Gasteiger partial charge in [-0.2, -0.15) is 0 Å². The van der Waals surface area contributed by atoms with E-state index in [1.165, 1.54) is 64.7 Å². The van der Waals surface area contributed by atoms with Gasteiger partial charge in [0, 0.05) is 12.0 Å². The monoisotopic (exact) mass is 498 g/mol. The fourth-order valence-electron chi connectivity index (χ4n) is 10.4. The molecule has 0 aromatic heterocycles. The average molecular weight is 499 g/mol. The molecule has 202 valence electrons. The highest BCUT2D eigenvalue weighted by Gasteiger charge is 2.80. The third-order valence-electron chi connectivity index (χ3n) is 12.4. The van der Waals surface area contributed by atoms with Crippen LogP contribution in [-0.2, 0) is 19.1 Å². The molecular weight excluding hydrogens is 448 g/mol. The van der Waals surface area contributed by atoms with E-state index in [1.807, 2.05) is 6.92 Å². The summed E-state index contributed by atoms with van der Waals surface area (Å²) >= 11 is 0. The Balaban J connectivity index is 1.54. The second-order valence-electron chi connectivity index (χ2n) is 13.5. The van der Waals surface area contributed by atoms with E-state index in [1.54, 1.807) is 0 Å². The van der Waals surface area contributed by atoms with Gasteiger partial charge in [0.15, 0.2) is 0 Å². The number of hydrogen-bond acceptors (Lipinski definition) is 4. The molecule has 4 aliphatic rings. The highest BCUT2D eigenvalue weighted by Crippen LogP contribution is 2.87. The van der Waals surface area contributed by atoms with Crippen LogP contribution in [0, 0.1) is 45.3 Å². The first-order chi connectivity index (χ1) is 16.9. The Bertz CT molecular complexity index is 934. The lowest BCUT2D eigenvalue weighted by Crippen LogP contribution is -2.54. The molecule has 0 aromatic carbocycles. The minimum Gasteiger partial charge on any atom is -0.469 e. The van der Waals surface area contributed by atoms with E-state index in [-0.39, 0.29) is 17.4 Å². The van der Waals surface area contributed by atoms with E-state index in [2.05, 4.69) is 40.3 Å². The van der Waals surface area contributed by atoms with Crippen molar-refractivity contribution in [3.05, 3.63) is 23.8 Å². The molecule has 4 heteroatoms. The van der Waals surface area contributed by atoms with Crippen molar-refractivity contribution in [1.82, 2.24) is 0 Å². The summed E-state index contributed by atoms with van der Waals surface area (Å²) in [7, 11) is 2.97. The predicted octanol–water partition coefficient (Wildman–Crippen LogP) is 7.67. The summed E-state index contributed by atoms with van der Waals surface area (Å²) < 4.78 is 9.92. The first-order valence-electron chi connectivity index (χ1n) is 14.4. The topological polar surface area (TPSA) is 52.6 Å². The number of fused-ring (bicyclic) bond motifs is 2. The normalized spacial score (nSPS) is 42.0. The average Bonchev–Trinajstić information content (AvgIpc) is 3.44. The molecule has 0 radical (unpaired) electrons. The summed E-state index contributed by atoms with van der Waals surface area (Å²) in [5, 5.41) is 0. The van der Waals surface area contributed by atoms with Gasteiger partial charge < -0.3 is 9.47 Å². The molecule has 8 atom stereocenters. The number of ether oxygens (including phenoxy) is 2. The maximum Gasteiger partial charge on any atom is 0.333 e. The zero-order valence-electron chi connectivity index (χ0n) is 24.0. The van der Waals surface area contributed by atoms with Crippen molar-refractivity contribution in [2.24, 2.45) is 45.3 Å². The second-order valence-corrected chi connectivity index (χ2v) is 13.5. The Morgan fingerprint density at radius 2 is 1.75 bits per heavy atom. The van der Waals surface area contributed by atoms with Crippen LogP contribution >= 0.6 is 0 Å². The van der Waals surface area contributed by atoms with Gasteiger partial charge in [0.1, 0.15) is 0 Å². The zero-order valence-corrected chi connectivity index (χ0v) is 24.0. The third-order valence-corrected chi connectivity index (χ3v) is 12.4. The lowest BCUT2D eigenvalue weighted by molar-refractivity contribution is -0.143. The van der Waals surface area contributed by atoms with Crippen molar-refractivity contribution in [2.75, 3.05) is 14.2 Å². The van der Waals surface area contributed by atoms with Crippen LogP contribution in [0.1, 0.15) is 105 Å². The van der Waals surface area contributed by atoms with Crippen LogP contribution in [0.3, 0.4) is 0 Å². The maximum atomic E-state index is 12.2. The Morgan fingerprint density at radius 3 is 2.39 bits per heavy atom. The van der Waals surface area contributed by atoms with Gasteiger partial charge >= 0.3 is 11.9 Å². The molecular formula is C32H50O4. The predicted molar refractivity (Wildman–Crippen MR) is 144 cm³/mol. The molecule has 8 unspecified atom stereocenters. The molecule has 0 bridgehead atoms. The van der Waals surface area contributed by atoms with E-state index in [9.17, 15) is 9.59 Å². The molecule has 36 heavy (non-hydrogen) atoms. The number of rotatable bonds is 9. The van der Waals surface area contributed by atoms with Crippen LogP contribution in [0.15, 0.2) is 23.8 Å². The summed E-state index contributed by atoms with van der Waals surface area (Å²) in [5.74, 6) is 2.39. The molecule has 0 N–H and O–H groups in total. The van der Waals surface area contributed by atoms with Crippen LogP contribution in [0.2, 0.25) is 0 Å². The van der Waals surface area contributed by atoms with Crippen molar-refractivity contribution in [2.45, 2.75) is 105 Å². The van der Waals surface area contributed by atoms with Crippen molar-refractivity contribution in [1.29, 1.82) is 0 Å². The fraction of sp³-hybridized carbons (Fsp3) is 0.812. The summed E-state index contributed by atoms with van der Waals surface area (Å²) in [6.07, 6.45) is 14.7. The molecule has 0 saturated heterocycles. The lowest BCUT2D eigenvalue weighted by atomic mass is 9.43. The van der Waals surface area contributed by atoms with Crippen LogP contribution < -0.4 is 0 Å². The Morgan fingerprint density at radius 1 is 1.03 bits per heavy atom. The highest BCUT2D eigenvalue weighted by molar-refractivity contribution is 5.87. The van der Waals surface area contributed by atoms with Crippen molar-refractivity contribution in [3.8, 4) is 0 Å². The second kappa shape index (κ2) is 9.62. The first kappa shape index (κ1) is 27.5. The quantitative estimate of drug-likeness (QED) is 0.186. The zero-order chi connectivity index (χ0) is 26.5. The molecule has 4 fully saturated rings. The molecule has 4 aliphatic carbocycles. The van der Waals surface area contributed by atoms with E-state index in [0.29, 0.717) is 34.5 Å². The molecule has 1 spiro atoms. The first-order valence-corrected chi connectivity index (χ1v) is 14.4. The minimum absolute atomic E-state index is 0.0629. The van der Waals surface area contributed by atoms with E-state index in [0.717, 1.165) is 36.7 Å². The van der Waals surface area contributed by atoms with Crippen molar-refractivity contribution < 1.29 is 19.1 Å². The number of esters is 2. The van der Waals surface area contributed by atoms with Crippen LogP contribution in [0.25, 0.3) is 0 Å². The minimum atomic E-state index is -0.217. The summed E-state index contributed by atoms with van der Waals surface area (Å²) in [5.41, 5.74) is 3.39. The van der Waals surface area contributed by atoms with Gasteiger partial charge in [-0.1, -0.05) is 39.0 Å². The summed E-state index contributed by atoms with van der Waals surface area (Å²) in [6, 6.07) is 0. The van der Waals surface area contributed by atoms with Gasteiger partial charge in [-0.05, 0) is 123 Å². The van der Waals surface area contributed by atoms with Gasteiger partial charge in [-0.15, -0.1) is 0 Å². The number of carbonyl (C=O) groups excluding carboxylic acids is 2.